The molecule has 0 aromatic rings. The molecule has 2 nitrogen and oxygen atoms in total. The van der Waals surface area contributed by atoms with E-state index in [1.54, 1.807) is 0 Å². The van der Waals surface area contributed by atoms with Gasteiger partial charge in [0.1, 0.15) is 5.78 Å². The van der Waals surface area contributed by atoms with Crippen LogP contribution in [-0.4, -0.2) is 30.3 Å². The van der Waals surface area contributed by atoms with Crippen molar-refractivity contribution in [2.24, 2.45) is 0 Å². The molecule has 0 saturated heterocycles. The molecule has 0 heterocycles. The highest BCUT2D eigenvalue weighted by Gasteiger charge is 2.12. The van der Waals surface area contributed by atoms with Gasteiger partial charge in [0, 0.05) is 12.5 Å². The Balaban J connectivity index is 3.83. The number of hydrogen-bond acceptors (Lipinski definition) is 2. The predicted octanol–water partition coefficient (Wildman–Crippen LogP) is 2.09. The van der Waals surface area contributed by atoms with Gasteiger partial charge < -0.3 is 0 Å². The third-order valence-corrected chi connectivity index (χ3v) is 2.39. The van der Waals surface area contributed by atoms with Crippen LogP contribution >= 0.6 is 0 Å². The lowest BCUT2D eigenvalue weighted by molar-refractivity contribution is -0.120. The topological polar surface area (TPSA) is 20.3 Å². The molecule has 0 aromatic heterocycles. The standard InChI is InChI=1S/C10H21NO/c1-5-9(6-2)11(4)8-10(12)7-3/h9H,5-8H2,1-4H3. The summed E-state index contributed by atoms with van der Waals surface area (Å²) in [5.74, 6) is 0.337. The van der Waals surface area contributed by atoms with Gasteiger partial charge in [0.15, 0.2) is 0 Å². The Bertz CT molecular complexity index is 130. The summed E-state index contributed by atoms with van der Waals surface area (Å²) in [6, 6.07) is 0.570. The normalized spacial score (nSPS) is 11.2. The van der Waals surface area contributed by atoms with Crippen LogP contribution in [0.4, 0.5) is 0 Å². The third kappa shape index (κ3) is 3.86. The molecule has 0 aliphatic carbocycles. The van der Waals surface area contributed by atoms with E-state index in [0.29, 0.717) is 24.8 Å². The highest BCUT2D eigenvalue weighted by Crippen LogP contribution is 2.05. The smallest absolute Gasteiger partial charge is 0.146 e. The van der Waals surface area contributed by atoms with Gasteiger partial charge in [0.25, 0.3) is 0 Å². The van der Waals surface area contributed by atoms with Gasteiger partial charge in [-0.2, -0.15) is 0 Å². The van der Waals surface area contributed by atoms with Crippen LogP contribution in [0.5, 0.6) is 0 Å². The molecule has 12 heavy (non-hydrogen) atoms. The molecule has 0 atom stereocenters. The largest absolute Gasteiger partial charge is 0.298 e. The monoisotopic (exact) mass is 171 g/mol. The van der Waals surface area contributed by atoms with Crippen molar-refractivity contribution in [3.8, 4) is 0 Å². The number of carbonyl (C=O) groups excluding carboxylic acids is 1. The average Bonchev–Trinajstić information content (AvgIpc) is 2.06. The Morgan fingerprint density at radius 2 is 1.75 bits per heavy atom. The second-order valence-corrected chi connectivity index (χ2v) is 3.28. The van der Waals surface area contributed by atoms with Crippen LogP contribution < -0.4 is 0 Å². The van der Waals surface area contributed by atoms with E-state index in [9.17, 15) is 4.79 Å². The van der Waals surface area contributed by atoms with Crippen molar-refractivity contribution in [3.05, 3.63) is 0 Å². The van der Waals surface area contributed by atoms with E-state index in [2.05, 4.69) is 18.7 Å². The highest BCUT2D eigenvalue weighted by molar-refractivity contribution is 5.80. The van der Waals surface area contributed by atoms with E-state index in [1.165, 1.54) is 0 Å². The summed E-state index contributed by atoms with van der Waals surface area (Å²) >= 11 is 0. The van der Waals surface area contributed by atoms with E-state index >= 15 is 0 Å². The molecule has 0 saturated carbocycles. The summed E-state index contributed by atoms with van der Waals surface area (Å²) in [6.07, 6.45) is 2.92. The summed E-state index contributed by atoms with van der Waals surface area (Å²) < 4.78 is 0. The number of ketones is 1. The minimum absolute atomic E-state index is 0.337. The molecular formula is C10H21NO. The Hall–Kier alpha value is -0.370. The number of carbonyl (C=O) groups is 1. The van der Waals surface area contributed by atoms with Crippen LogP contribution in [0.15, 0.2) is 0 Å². The predicted molar refractivity (Wildman–Crippen MR) is 52.3 cm³/mol. The molecular weight excluding hydrogens is 150 g/mol. The second kappa shape index (κ2) is 6.18. The van der Waals surface area contributed by atoms with Crippen LogP contribution in [-0.2, 0) is 4.79 Å². The number of Topliss-reactive ketones (excluding diaryl/α,β-unsaturated/α-hetero) is 1. The van der Waals surface area contributed by atoms with E-state index in [-0.39, 0.29) is 0 Å². The molecule has 2 heteroatoms. The SMILES string of the molecule is CCC(=O)CN(C)C(CC)CC. The van der Waals surface area contributed by atoms with E-state index in [0.717, 1.165) is 12.8 Å². The molecule has 0 amide bonds. The molecule has 72 valence electrons. The van der Waals surface area contributed by atoms with Crippen LogP contribution in [0.1, 0.15) is 40.0 Å². The van der Waals surface area contributed by atoms with E-state index in [1.807, 2.05) is 14.0 Å². The van der Waals surface area contributed by atoms with Crippen LogP contribution in [0.2, 0.25) is 0 Å². The van der Waals surface area contributed by atoms with Gasteiger partial charge in [-0.25, -0.2) is 0 Å². The second-order valence-electron chi connectivity index (χ2n) is 3.28. The molecule has 0 aromatic carbocycles. The first-order chi connectivity index (χ1) is 5.65. The maximum Gasteiger partial charge on any atom is 0.146 e. The van der Waals surface area contributed by atoms with Gasteiger partial charge in [-0.15, -0.1) is 0 Å². The molecule has 0 aliphatic rings. The first kappa shape index (κ1) is 11.6. The van der Waals surface area contributed by atoms with Crippen LogP contribution in [0, 0.1) is 0 Å². The summed E-state index contributed by atoms with van der Waals surface area (Å²) in [5.41, 5.74) is 0. The lowest BCUT2D eigenvalue weighted by atomic mass is 10.1. The van der Waals surface area contributed by atoms with Gasteiger partial charge in [-0.1, -0.05) is 20.8 Å². The molecule has 0 unspecified atom stereocenters. The van der Waals surface area contributed by atoms with Crippen LogP contribution in [0.3, 0.4) is 0 Å². The van der Waals surface area contributed by atoms with Crippen molar-refractivity contribution in [1.29, 1.82) is 0 Å². The zero-order valence-corrected chi connectivity index (χ0v) is 8.76. The maximum atomic E-state index is 11.1. The summed E-state index contributed by atoms with van der Waals surface area (Å²) in [5, 5.41) is 0. The Morgan fingerprint density at radius 3 is 2.08 bits per heavy atom. The van der Waals surface area contributed by atoms with Gasteiger partial charge in [-0.3, -0.25) is 9.69 Å². The summed E-state index contributed by atoms with van der Waals surface area (Å²) in [7, 11) is 2.03. The Labute approximate surface area is 75.9 Å². The van der Waals surface area contributed by atoms with Crippen molar-refractivity contribution in [2.45, 2.75) is 46.1 Å². The molecule has 0 bridgehead atoms. The van der Waals surface area contributed by atoms with Gasteiger partial charge in [0.2, 0.25) is 0 Å². The fraction of sp³-hybridized carbons (Fsp3) is 0.900. The summed E-state index contributed by atoms with van der Waals surface area (Å²) in [6.45, 7) is 6.87. The van der Waals surface area contributed by atoms with Crippen molar-refractivity contribution < 1.29 is 4.79 Å². The lowest BCUT2D eigenvalue weighted by Crippen LogP contribution is -2.34. The van der Waals surface area contributed by atoms with Crippen molar-refractivity contribution in [1.82, 2.24) is 4.90 Å². The number of likely N-dealkylation sites (N-methyl/N-ethyl adjacent to an activating group) is 1. The first-order valence-electron chi connectivity index (χ1n) is 4.87. The molecule has 0 aliphatic heterocycles. The summed E-state index contributed by atoms with van der Waals surface area (Å²) in [4.78, 5) is 13.3. The zero-order valence-electron chi connectivity index (χ0n) is 8.76. The fourth-order valence-corrected chi connectivity index (χ4v) is 1.43. The fourth-order valence-electron chi connectivity index (χ4n) is 1.43. The van der Waals surface area contributed by atoms with Gasteiger partial charge in [0.05, 0.1) is 6.54 Å². The van der Waals surface area contributed by atoms with Crippen molar-refractivity contribution in [3.63, 3.8) is 0 Å². The first-order valence-corrected chi connectivity index (χ1v) is 4.87. The third-order valence-electron chi connectivity index (χ3n) is 2.39. The minimum Gasteiger partial charge on any atom is -0.298 e. The molecule has 0 N–H and O–H groups in total. The van der Waals surface area contributed by atoms with Crippen molar-refractivity contribution in [2.75, 3.05) is 13.6 Å². The highest BCUT2D eigenvalue weighted by atomic mass is 16.1. The van der Waals surface area contributed by atoms with E-state index in [4.69, 9.17) is 0 Å². The maximum absolute atomic E-state index is 11.1. The molecule has 0 spiro atoms. The minimum atomic E-state index is 0.337. The van der Waals surface area contributed by atoms with Gasteiger partial charge >= 0.3 is 0 Å². The van der Waals surface area contributed by atoms with Crippen molar-refractivity contribution >= 4 is 5.78 Å². The number of hydrogen-bond donors (Lipinski definition) is 0. The average molecular weight is 171 g/mol. The van der Waals surface area contributed by atoms with E-state index < -0.39 is 0 Å². The lowest BCUT2D eigenvalue weighted by Gasteiger charge is -2.24. The number of rotatable bonds is 6. The molecule has 0 radical (unpaired) electrons. The Kier molecular flexibility index (Phi) is 5.99. The van der Waals surface area contributed by atoms with Gasteiger partial charge in [-0.05, 0) is 19.9 Å². The zero-order chi connectivity index (χ0) is 9.56. The molecule has 0 rings (SSSR count). The Morgan fingerprint density at radius 1 is 1.25 bits per heavy atom. The molecule has 0 fully saturated rings. The van der Waals surface area contributed by atoms with Crippen LogP contribution in [0.25, 0.3) is 0 Å². The quantitative estimate of drug-likeness (QED) is 0.610. The number of nitrogens with zero attached hydrogens (tertiary/aromatic N) is 1.